The van der Waals surface area contributed by atoms with Gasteiger partial charge in [0.25, 0.3) is 0 Å². The summed E-state index contributed by atoms with van der Waals surface area (Å²) in [5, 5.41) is 5.20. The third-order valence-electron chi connectivity index (χ3n) is 16.1. The third kappa shape index (κ3) is 5.26. The van der Waals surface area contributed by atoms with E-state index >= 15 is 0 Å². The maximum atomic E-state index is 2.52. The van der Waals surface area contributed by atoms with Gasteiger partial charge < -0.3 is 4.90 Å². The molecule has 328 valence electrons. The van der Waals surface area contributed by atoms with Crippen molar-refractivity contribution in [3.05, 3.63) is 270 Å². The molecule has 0 aliphatic heterocycles. The van der Waals surface area contributed by atoms with Gasteiger partial charge in [-0.2, -0.15) is 0 Å². The molecule has 0 amide bonds. The van der Waals surface area contributed by atoms with Crippen LogP contribution in [0.1, 0.15) is 47.2 Å². The smallest absolute Gasteiger partial charge is 0.0726 e. The molecule has 0 radical (unpaired) electrons. The van der Waals surface area contributed by atoms with E-state index in [0.29, 0.717) is 0 Å². The number of benzene rings is 11. The lowest BCUT2D eigenvalue weighted by atomic mass is 9.70. The average molecular weight is 908 g/mol. The van der Waals surface area contributed by atoms with E-state index in [-0.39, 0.29) is 5.41 Å². The van der Waals surface area contributed by atoms with Crippen molar-refractivity contribution in [2.24, 2.45) is 0 Å². The first-order valence-electron chi connectivity index (χ1n) is 24.5. The monoisotopic (exact) mass is 907 g/mol. The van der Waals surface area contributed by atoms with Gasteiger partial charge in [0.05, 0.1) is 5.41 Å². The molecule has 15 rings (SSSR count). The van der Waals surface area contributed by atoms with Gasteiger partial charge in [-0.05, 0) is 137 Å². The van der Waals surface area contributed by atoms with Crippen molar-refractivity contribution in [1.82, 2.24) is 0 Å². The molecule has 2 heteroatoms. The van der Waals surface area contributed by atoms with Gasteiger partial charge in [-0.3, -0.25) is 0 Å². The SMILES string of the molecule is CC1(C)c2ccccc2-c2ccc(N(c3ccc(-c4c(-c5ccccc5)c5ccccc5c5sc6ccccc6c45)cc3)c3ccc4c(c3)C3(c5ccccc5-c5ccccc53)c3ccccc3-4)cc21. The molecule has 1 heterocycles. The van der Waals surface area contributed by atoms with Crippen LogP contribution in [0.5, 0.6) is 0 Å². The molecule has 12 aromatic rings. The molecule has 0 N–H and O–H groups in total. The van der Waals surface area contributed by atoms with E-state index in [0.717, 1.165) is 17.1 Å². The van der Waals surface area contributed by atoms with Crippen molar-refractivity contribution in [3.8, 4) is 55.6 Å². The fourth-order valence-electron chi connectivity index (χ4n) is 13.1. The zero-order valence-corrected chi connectivity index (χ0v) is 39.7. The van der Waals surface area contributed by atoms with Crippen molar-refractivity contribution < 1.29 is 0 Å². The quantitative estimate of drug-likeness (QED) is 0.166. The Kier molecular flexibility index (Phi) is 8.28. The van der Waals surface area contributed by atoms with E-state index in [1.807, 2.05) is 11.3 Å². The summed E-state index contributed by atoms with van der Waals surface area (Å²) >= 11 is 1.91. The Balaban J connectivity index is 0.978. The predicted octanol–water partition coefficient (Wildman–Crippen LogP) is 18.7. The summed E-state index contributed by atoms with van der Waals surface area (Å²) in [7, 11) is 0. The number of anilines is 3. The van der Waals surface area contributed by atoms with Gasteiger partial charge in [0.15, 0.2) is 0 Å². The normalized spacial score (nSPS) is 14.1. The van der Waals surface area contributed by atoms with Gasteiger partial charge >= 0.3 is 0 Å². The van der Waals surface area contributed by atoms with Gasteiger partial charge in [0.2, 0.25) is 0 Å². The van der Waals surface area contributed by atoms with E-state index in [1.54, 1.807) is 0 Å². The number of hydrogen-bond acceptors (Lipinski definition) is 2. The first kappa shape index (κ1) is 39.7. The fraction of sp³-hybridized carbons (Fsp3) is 0.0588. The van der Waals surface area contributed by atoms with E-state index in [4.69, 9.17) is 0 Å². The van der Waals surface area contributed by atoms with Crippen molar-refractivity contribution in [2.45, 2.75) is 24.7 Å². The van der Waals surface area contributed by atoms with Crippen LogP contribution in [-0.4, -0.2) is 0 Å². The Morgan fingerprint density at radius 3 is 1.40 bits per heavy atom. The highest BCUT2D eigenvalue weighted by atomic mass is 32.1. The van der Waals surface area contributed by atoms with Gasteiger partial charge in [-0.25, -0.2) is 0 Å². The van der Waals surface area contributed by atoms with Crippen LogP contribution in [0.2, 0.25) is 0 Å². The van der Waals surface area contributed by atoms with Crippen LogP contribution in [0.3, 0.4) is 0 Å². The second kappa shape index (κ2) is 14.6. The lowest BCUT2D eigenvalue weighted by Gasteiger charge is -2.32. The molecule has 1 aromatic heterocycles. The molecular weight excluding hydrogens is 863 g/mol. The van der Waals surface area contributed by atoms with Crippen LogP contribution >= 0.6 is 11.3 Å². The Morgan fingerprint density at radius 1 is 0.329 bits per heavy atom. The van der Waals surface area contributed by atoms with Crippen LogP contribution < -0.4 is 4.90 Å². The maximum absolute atomic E-state index is 2.52. The predicted molar refractivity (Wildman–Crippen MR) is 296 cm³/mol. The number of thiophene rings is 1. The summed E-state index contributed by atoms with van der Waals surface area (Å²) in [6.07, 6.45) is 0. The Hall–Kier alpha value is -8.30. The van der Waals surface area contributed by atoms with Crippen molar-refractivity contribution in [3.63, 3.8) is 0 Å². The lowest BCUT2D eigenvalue weighted by Crippen LogP contribution is -2.26. The zero-order chi connectivity index (χ0) is 46.3. The van der Waals surface area contributed by atoms with Crippen molar-refractivity contribution in [2.75, 3.05) is 4.90 Å². The highest BCUT2D eigenvalue weighted by Crippen LogP contribution is 2.63. The second-order valence-electron chi connectivity index (χ2n) is 19.9. The number of rotatable bonds is 5. The van der Waals surface area contributed by atoms with Crippen LogP contribution in [0.25, 0.3) is 86.6 Å². The minimum Gasteiger partial charge on any atom is -0.310 e. The first-order chi connectivity index (χ1) is 34.5. The van der Waals surface area contributed by atoms with Crippen LogP contribution in [0, 0.1) is 0 Å². The Morgan fingerprint density at radius 2 is 0.771 bits per heavy atom. The summed E-state index contributed by atoms with van der Waals surface area (Å²) in [6, 6.07) is 89.2. The average Bonchev–Trinajstić information content (AvgIpc) is 4.12. The molecular formula is C68H45NS. The Labute approximate surface area is 412 Å². The molecule has 0 bridgehead atoms. The topological polar surface area (TPSA) is 3.24 Å². The molecule has 0 saturated carbocycles. The molecule has 1 nitrogen and oxygen atoms in total. The summed E-state index contributed by atoms with van der Waals surface area (Å²) in [5.41, 5.74) is 23.8. The Bertz CT molecular complexity index is 4090. The minimum atomic E-state index is -0.454. The molecule has 0 atom stereocenters. The fourth-order valence-corrected chi connectivity index (χ4v) is 14.4. The summed E-state index contributed by atoms with van der Waals surface area (Å²) < 4.78 is 2.64. The van der Waals surface area contributed by atoms with Gasteiger partial charge in [0, 0.05) is 48.0 Å². The number of nitrogens with zero attached hydrogens (tertiary/aromatic N) is 1. The number of hydrogen-bond donors (Lipinski definition) is 0. The molecule has 0 fully saturated rings. The first-order valence-corrected chi connectivity index (χ1v) is 25.3. The summed E-state index contributed by atoms with van der Waals surface area (Å²) in [5.74, 6) is 0. The standard InChI is InChI=1S/C68H45NS/c1-67(2)56-27-13-8-20-47(56)51-38-36-45(40-60(51)67)69(46-37-39-52-50-23-11-16-30-59(50)68(61(52)41-46)57-28-14-9-21-48(57)49-22-10-15-29-58(49)68)44-34-32-43(33-35-44)64-63(42-18-4-3-5-19-42)53-24-6-7-25-54(53)66-65(64)55-26-12-17-31-62(55)70-66/h3-41H,1-2H3. The lowest BCUT2D eigenvalue weighted by molar-refractivity contribution is 0.660. The van der Waals surface area contributed by atoms with Gasteiger partial charge in [-0.15, -0.1) is 11.3 Å². The molecule has 1 spiro atoms. The van der Waals surface area contributed by atoms with E-state index in [9.17, 15) is 0 Å². The third-order valence-corrected chi connectivity index (χ3v) is 17.3. The molecule has 3 aliphatic rings. The molecule has 0 unspecified atom stereocenters. The molecule has 11 aromatic carbocycles. The van der Waals surface area contributed by atoms with Crippen molar-refractivity contribution >= 4 is 59.3 Å². The molecule has 3 aliphatic carbocycles. The summed E-state index contributed by atoms with van der Waals surface area (Å²) in [6.45, 7) is 4.77. The van der Waals surface area contributed by atoms with Crippen LogP contribution in [-0.2, 0) is 10.8 Å². The minimum absolute atomic E-state index is 0.156. The summed E-state index contributed by atoms with van der Waals surface area (Å²) in [4.78, 5) is 2.51. The van der Waals surface area contributed by atoms with Gasteiger partial charge in [0.1, 0.15) is 0 Å². The van der Waals surface area contributed by atoms with E-state index < -0.39 is 5.41 Å². The maximum Gasteiger partial charge on any atom is 0.0726 e. The molecule has 0 saturated heterocycles. The largest absolute Gasteiger partial charge is 0.310 e. The second-order valence-corrected chi connectivity index (χ2v) is 20.9. The van der Waals surface area contributed by atoms with Gasteiger partial charge in [-0.1, -0.05) is 208 Å². The van der Waals surface area contributed by atoms with Crippen LogP contribution in [0.4, 0.5) is 17.1 Å². The van der Waals surface area contributed by atoms with E-state index in [1.165, 1.54) is 120 Å². The molecule has 70 heavy (non-hydrogen) atoms. The van der Waals surface area contributed by atoms with Crippen molar-refractivity contribution in [1.29, 1.82) is 0 Å². The number of fused-ring (bicyclic) bond motifs is 18. The van der Waals surface area contributed by atoms with Crippen LogP contribution in [0.15, 0.2) is 237 Å². The highest BCUT2D eigenvalue weighted by molar-refractivity contribution is 7.26. The zero-order valence-electron chi connectivity index (χ0n) is 38.9. The van der Waals surface area contributed by atoms with E-state index in [2.05, 4.69) is 255 Å². The highest BCUT2D eigenvalue weighted by Gasteiger charge is 2.51.